The summed E-state index contributed by atoms with van der Waals surface area (Å²) in [5.41, 5.74) is 8.10. The molecule has 1 atom stereocenters. The number of carbonyl (C=O) groups is 1. The van der Waals surface area contributed by atoms with E-state index in [0.717, 1.165) is 17.5 Å². The average Bonchev–Trinajstić information content (AvgIpc) is 2.16. The van der Waals surface area contributed by atoms with E-state index in [9.17, 15) is 4.79 Å². The molecule has 0 aromatic heterocycles. The number of nitrogens with two attached hydrogens (primary N) is 1. The minimum Gasteiger partial charge on any atom is -0.480 e. The number of anilines is 1. The van der Waals surface area contributed by atoms with Crippen LogP contribution in [0.15, 0.2) is 18.2 Å². The molecule has 0 bridgehead atoms. The zero-order valence-corrected chi connectivity index (χ0v) is 7.66. The van der Waals surface area contributed by atoms with Crippen LogP contribution in [0.4, 0.5) is 5.69 Å². The smallest absolute Gasteiger partial charge is 0.325 e. The fraction of sp³-hybridized carbons (Fsp3) is 0.300. The van der Waals surface area contributed by atoms with Crippen molar-refractivity contribution in [2.45, 2.75) is 12.5 Å². The van der Waals surface area contributed by atoms with Crippen molar-refractivity contribution < 1.29 is 9.90 Å². The Labute approximate surface area is 81.7 Å². The molecule has 1 aliphatic heterocycles. The molecule has 1 heterocycles. The Bertz CT molecular complexity index is 376. The Balaban J connectivity index is 2.46. The molecule has 1 aromatic carbocycles. The van der Waals surface area contributed by atoms with E-state index in [1.54, 1.807) is 6.07 Å². The minimum atomic E-state index is -0.850. The summed E-state index contributed by atoms with van der Waals surface area (Å²) < 4.78 is 0. The summed E-state index contributed by atoms with van der Waals surface area (Å²) in [6.45, 7) is 0.702. The highest BCUT2D eigenvalue weighted by Crippen LogP contribution is 2.24. The van der Waals surface area contributed by atoms with Gasteiger partial charge in [-0.05, 0) is 29.7 Å². The minimum absolute atomic E-state index is 0.609. The van der Waals surface area contributed by atoms with Crippen molar-refractivity contribution in [1.82, 2.24) is 5.32 Å². The van der Waals surface area contributed by atoms with Gasteiger partial charge in [-0.3, -0.25) is 4.79 Å². The summed E-state index contributed by atoms with van der Waals surface area (Å²) in [5, 5.41) is 11.9. The Hall–Kier alpha value is -1.55. The fourth-order valence-electron chi connectivity index (χ4n) is 1.79. The van der Waals surface area contributed by atoms with E-state index in [0.29, 0.717) is 12.2 Å². The number of hydrogen-bond acceptors (Lipinski definition) is 3. The van der Waals surface area contributed by atoms with Crippen LogP contribution < -0.4 is 11.1 Å². The maximum atomic E-state index is 10.9. The summed E-state index contributed by atoms with van der Waals surface area (Å²) in [6.07, 6.45) is 0.861. The number of nitrogens with one attached hydrogen (secondary N) is 1. The van der Waals surface area contributed by atoms with E-state index >= 15 is 0 Å². The maximum Gasteiger partial charge on any atom is 0.325 e. The van der Waals surface area contributed by atoms with Gasteiger partial charge in [-0.25, -0.2) is 0 Å². The summed E-state index contributed by atoms with van der Waals surface area (Å²) in [6, 6.07) is 4.84. The molecular formula is C10H12N2O2. The van der Waals surface area contributed by atoms with Gasteiger partial charge in [0.25, 0.3) is 0 Å². The first-order valence-corrected chi connectivity index (χ1v) is 4.53. The van der Waals surface area contributed by atoms with Gasteiger partial charge in [0.15, 0.2) is 0 Å². The summed E-state index contributed by atoms with van der Waals surface area (Å²) >= 11 is 0. The zero-order chi connectivity index (χ0) is 10.1. The van der Waals surface area contributed by atoms with Gasteiger partial charge in [0.05, 0.1) is 0 Å². The molecule has 0 saturated heterocycles. The highest BCUT2D eigenvalue weighted by Gasteiger charge is 2.25. The number of benzene rings is 1. The number of hydrogen-bond donors (Lipinski definition) is 3. The lowest BCUT2D eigenvalue weighted by molar-refractivity contribution is -0.139. The van der Waals surface area contributed by atoms with E-state index in [1.165, 1.54) is 0 Å². The second kappa shape index (κ2) is 3.31. The molecule has 0 fully saturated rings. The van der Waals surface area contributed by atoms with Gasteiger partial charge in [0.2, 0.25) is 0 Å². The number of aliphatic carboxylic acids is 1. The second-order valence-electron chi connectivity index (χ2n) is 3.43. The van der Waals surface area contributed by atoms with Crippen LogP contribution in [0.5, 0.6) is 0 Å². The molecule has 1 aromatic rings. The first-order valence-electron chi connectivity index (χ1n) is 4.53. The van der Waals surface area contributed by atoms with Crippen LogP contribution in [0.2, 0.25) is 0 Å². The third kappa shape index (κ3) is 1.44. The van der Waals surface area contributed by atoms with Crippen molar-refractivity contribution in [1.29, 1.82) is 0 Å². The Morgan fingerprint density at radius 2 is 2.36 bits per heavy atom. The second-order valence-corrected chi connectivity index (χ2v) is 3.43. The lowest BCUT2D eigenvalue weighted by atomic mass is 9.94. The largest absolute Gasteiger partial charge is 0.480 e. The van der Waals surface area contributed by atoms with Gasteiger partial charge in [0.1, 0.15) is 6.04 Å². The van der Waals surface area contributed by atoms with E-state index in [2.05, 4.69) is 5.32 Å². The molecule has 0 amide bonds. The Morgan fingerprint density at radius 1 is 1.57 bits per heavy atom. The SMILES string of the molecule is Nc1ccc2c(c1)C(C(=O)O)NCC2. The van der Waals surface area contributed by atoms with Crippen molar-refractivity contribution in [2.24, 2.45) is 0 Å². The molecule has 4 N–H and O–H groups in total. The number of carboxylic acids is 1. The van der Waals surface area contributed by atoms with E-state index in [1.807, 2.05) is 12.1 Å². The quantitative estimate of drug-likeness (QED) is 0.568. The molecule has 0 spiro atoms. The zero-order valence-electron chi connectivity index (χ0n) is 7.66. The summed E-state index contributed by atoms with van der Waals surface area (Å²) in [5.74, 6) is -0.850. The Morgan fingerprint density at radius 3 is 3.07 bits per heavy atom. The highest BCUT2D eigenvalue weighted by molar-refractivity contribution is 5.77. The molecule has 0 saturated carbocycles. The first-order chi connectivity index (χ1) is 6.68. The van der Waals surface area contributed by atoms with Crippen LogP contribution in [0.25, 0.3) is 0 Å². The molecule has 1 aliphatic rings. The van der Waals surface area contributed by atoms with Gasteiger partial charge in [-0.15, -0.1) is 0 Å². The maximum absolute atomic E-state index is 10.9. The predicted octanol–water partition coefficient (Wildman–Crippen LogP) is 0.540. The van der Waals surface area contributed by atoms with Crippen LogP contribution >= 0.6 is 0 Å². The van der Waals surface area contributed by atoms with Crippen LogP contribution in [-0.4, -0.2) is 17.6 Å². The Kier molecular flexibility index (Phi) is 2.13. The van der Waals surface area contributed by atoms with Crippen LogP contribution in [0, 0.1) is 0 Å². The van der Waals surface area contributed by atoms with Crippen molar-refractivity contribution in [3.8, 4) is 0 Å². The number of fused-ring (bicyclic) bond motifs is 1. The van der Waals surface area contributed by atoms with Crippen molar-refractivity contribution >= 4 is 11.7 Å². The summed E-state index contributed by atoms with van der Waals surface area (Å²) in [7, 11) is 0. The first kappa shape index (κ1) is 9.02. The third-order valence-corrected chi connectivity index (χ3v) is 2.47. The van der Waals surface area contributed by atoms with Crippen LogP contribution in [0.1, 0.15) is 17.2 Å². The van der Waals surface area contributed by atoms with E-state index < -0.39 is 12.0 Å². The molecule has 0 radical (unpaired) electrons. The van der Waals surface area contributed by atoms with E-state index in [4.69, 9.17) is 10.8 Å². The van der Waals surface area contributed by atoms with Gasteiger partial charge in [0, 0.05) is 12.2 Å². The van der Waals surface area contributed by atoms with Gasteiger partial charge >= 0.3 is 5.97 Å². The highest BCUT2D eigenvalue weighted by atomic mass is 16.4. The van der Waals surface area contributed by atoms with Crippen molar-refractivity contribution in [3.63, 3.8) is 0 Å². The van der Waals surface area contributed by atoms with Crippen molar-refractivity contribution in [2.75, 3.05) is 12.3 Å². The topological polar surface area (TPSA) is 75.4 Å². The van der Waals surface area contributed by atoms with Crippen LogP contribution in [-0.2, 0) is 11.2 Å². The van der Waals surface area contributed by atoms with Crippen LogP contribution in [0.3, 0.4) is 0 Å². The molecule has 14 heavy (non-hydrogen) atoms. The molecule has 4 nitrogen and oxygen atoms in total. The molecular weight excluding hydrogens is 180 g/mol. The van der Waals surface area contributed by atoms with Gasteiger partial charge < -0.3 is 16.2 Å². The number of nitrogen functional groups attached to an aromatic ring is 1. The molecule has 0 aliphatic carbocycles. The summed E-state index contributed by atoms with van der Waals surface area (Å²) in [4.78, 5) is 10.9. The van der Waals surface area contributed by atoms with Gasteiger partial charge in [-0.2, -0.15) is 0 Å². The van der Waals surface area contributed by atoms with Gasteiger partial charge in [-0.1, -0.05) is 6.07 Å². The standard InChI is InChI=1S/C10H12N2O2/c11-7-2-1-6-3-4-12-9(10(13)14)8(6)5-7/h1-2,5,9,12H,3-4,11H2,(H,13,14). The molecule has 4 heteroatoms. The average molecular weight is 192 g/mol. The van der Waals surface area contributed by atoms with Crippen molar-refractivity contribution in [3.05, 3.63) is 29.3 Å². The lowest BCUT2D eigenvalue weighted by Crippen LogP contribution is -2.35. The monoisotopic (exact) mass is 192 g/mol. The third-order valence-electron chi connectivity index (χ3n) is 2.47. The number of carboxylic acid groups (broad SMARTS) is 1. The predicted molar refractivity (Wildman–Crippen MR) is 52.9 cm³/mol. The lowest BCUT2D eigenvalue weighted by Gasteiger charge is -2.23. The number of rotatable bonds is 1. The molecule has 74 valence electrons. The molecule has 2 rings (SSSR count). The normalized spacial score (nSPS) is 20.1. The molecule has 1 unspecified atom stereocenters. The fourth-order valence-corrected chi connectivity index (χ4v) is 1.79. The van der Waals surface area contributed by atoms with E-state index in [-0.39, 0.29) is 0 Å².